The van der Waals surface area contributed by atoms with Crippen molar-refractivity contribution in [3.8, 4) is 0 Å². The topological polar surface area (TPSA) is 64.1 Å². The van der Waals surface area contributed by atoms with Gasteiger partial charge in [-0.1, -0.05) is 67.6 Å². The van der Waals surface area contributed by atoms with Crippen molar-refractivity contribution in [2.24, 2.45) is 0 Å². The summed E-state index contributed by atoms with van der Waals surface area (Å²) in [6, 6.07) is 20.0. The van der Waals surface area contributed by atoms with Gasteiger partial charge in [-0.3, -0.25) is 14.5 Å². The minimum Gasteiger partial charge on any atom is -0.395 e. The molecule has 0 radical (unpaired) electrons. The maximum absolute atomic E-state index is 13.4. The van der Waals surface area contributed by atoms with Crippen LogP contribution in [0.3, 0.4) is 0 Å². The zero-order chi connectivity index (χ0) is 26.9. The molecule has 1 unspecified atom stereocenters. The van der Waals surface area contributed by atoms with Crippen LogP contribution in [0.2, 0.25) is 0 Å². The van der Waals surface area contributed by atoms with Crippen LogP contribution in [0.5, 0.6) is 0 Å². The van der Waals surface area contributed by atoms with Crippen LogP contribution in [-0.2, 0) is 22.4 Å². The van der Waals surface area contributed by atoms with Crippen LogP contribution in [0.15, 0.2) is 60.7 Å². The number of amides is 2. The summed E-state index contributed by atoms with van der Waals surface area (Å²) in [7, 11) is 3.64. The van der Waals surface area contributed by atoms with Gasteiger partial charge in [-0.05, 0) is 58.1 Å². The number of rotatable bonds is 13. The minimum atomic E-state index is -0.399. The Morgan fingerprint density at radius 2 is 1.11 bits per heavy atom. The predicted molar refractivity (Wildman–Crippen MR) is 147 cm³/mol. The van der Waals surface area contributed by atoms with Crippen molar-refractivity contribution in [2.45, 2.75) is 71.0 Å². The summed E-state index contributed by atoms with van der Waals surface area (Å²) in [6.45, 7) is 10.2. The van der Waals surface area contributed by atoms with Gasteiger partial charge in [0.2, 0.25) is 11.8 Å². The molecule has 36 heavy (non-hydrogen) atoms. The van der Waals surface area contributed by atoms with Crippen LogP contribution < -0.4 is 0 Å². The molecule has 0 heterocycles. The zero-order valence-corrected chi connectivity index (χ0v) is 23.2. The number of aliphatic hydroxyl groups is 1. The number of carbonyl (C=O) groups excluding carboxylic acids is 2. The lowest BCUT2D eigenvalue weighted by Crippen LogP contribution is -2.55. The molecule has 0 saturated carbocycles. The fourth-order valence-electron chi connectivity index (χ4n) is 4.48. The fraction of sp³-hybridized carbons (Fsp3) is 0.533. The van der Waals surface area contributed by atoms with E-state index in [4.69, 9.17) is 0 Å². The summed E-state index contributed by atoms with van der Waals surface area (Å²) >= 11 is 0. The fourth-order valence-corrected chi connectivity index (χ4v) is 4.48. The van der Waals surface area contributed by atoms with Crippen LogP contribution >= 0.6 is 0 Å². The van der Waals surface area contributed by atoms with Crippen molar-refractivity contribution >= 4 is 11.8 Å². The summed E-state index contributed by atoms with van der Waals surface area (Å²) in [6.07, 6.45) is 2.09. The van der Waals surface area contributed by atoms with E-state index < -0.39 is 11.1 Å². The first-order valence-electron chi connectivity index (χ1n) is 12.9. The van der Waals surface area contributed by atoms with Gasteiger partial charge >= 0.3 is 0 Å². The third-order valence-electron chi connectivity index (χ3n) is 7.40. The number of benzene rings is 2. The summed E-state index contributed by atoms with van der Waals surface area (Å²) in [5.74, 6) is -0.136. The van der Waals surface area contributed by atoms with Crippen molar-refractivity contribution in [1.29, 1.82) is 0 Å². The highest BCUT2D eigenvalue weighted by Gasteiger charge is 2.33. The Labute approximate surface area is 217 Å². The highest BCUT2D eigenvalue weighted by atomic mass is 16.3. The van der Waals surface area contributed by atoms with Gasteiger partial charge < -0.3 is 14.9 Å². The highest BCUT2D eigenvalue weighted by Crippen LogP contribution is 2.22. The molecule has 0 spiro atoms. The lowest BCUT2D eigenvalue weighted by Gasteiger charge is -2.40. The molecule has 0 aliphatic rings. The quantitative estimate of drug-likeness (QED) is 0.456. The second kappa shape index (κ2) is 13.0. The molecule has 1 atom stereocenters. The van der Waals surface area contributed by atoms with Crippen molar-refractivity contribution in [3.63, 3.8) is 0 Å². The van der Waals surface area contributed by atoms with Crippen LogP contribution in [0.4, 0.5) is 0 Å². The van der Waals surface area contributed by atoms with Crippen molar-refractivity contribution in [1.82, 2.24) is 14.7 Å². The largest absolute Gasteiger partial charge is 0.395 e. The minimum absolute atomic E-state index is 0.0678. The normalized spacial score (nSPS) is 12.9. The van der Waals surface area contributed by atoms with Gasteiger partial charge in [-0.15, -0.1) is 0 Å². The summed E-state index contributed by atoms with van der Waals surface area (Å²) in [4.78, 5) is 32.2. The Hall–Kier alpha value is -2.70. The SMILES string of the molecule is CCC(CO)N(CC(=O)N(C)C(C)(C)Cc1ccccc1)CC(=O)N(C)C(C)(C)Cc1ccccc1. The van der Waals surface area contributed by atoms with E-state index in [-0.39, 0.29) is 37.6 Å². The molecule has 6 nitrogen and oxygen atoms in total. The third-order valence-corrected chi connectivity index (χ3v) is 7.40. The molecule has 0 fully saturated rings. The van der Waals surface area contributed by atoms with Gasteiger partial charge in [-0.25, -0.2) is 0 Å². The maximum atomic E-state index is 13.4. The van der Waals surface area contributed by atoms with E-state index in [2.05, 4.69) is 52.0 Å². The Balaban J connectivity index is 2.12. The third kappa shape index (κ3) is 8.17. The number of likely N-dealkylation sites (N-methyl/N-ethyl adjacent to an activating group) is 2. The Morgan fingerprint density at radius 3 is 1.42 bits per heavy atom. The number of hydrogen-bond acceptors (Lipinski definition) is 4. The molecular formula is C30H45N3O3. The van der Waals surface area contributed by atoms with E-state index in [1.54, 1.807) is 9.80 Å². The van der Waals surface area contributed by atoms with Crippen LogP contribution in [0.1, 0.15) is 52.2 Å². The van der Waals surface area contributed by atoms with E-state index >= 15 is 0 Å². The number of aliphatic hydroxyl groups excluding tert-OH is 1. The summed E-state index contributed by atoms with van der Waals surface area (Å²) in [5, 5.41) is 10.0. The molecule has 2 rings (SSSR count). The van der Waals surface area contributed by atoms with E-state index in [9.17, 15) is 14.7 Å². The molecule has 0 bridgehead atoms. The zero-order valence-electron chi connectivity index (χ0n) is 23.2. The van der Waals surface area contributed by atoms with Gasteiger partial charge in [0.05, 0.1) is 19.7 Å². The molecule has 0 saturated heterocycles. The molecule has 1 N–H and O–H groups in total. The number of nitrogens with zero attached hydrogens (tertiary/aromatic N) is 3. The maximum Gasteiger partial charge on any atom is 0.236 e. The van der Waals surface area contributed by atoms with Gasteiger partial charge in [-0.2, -0.15) is 0 Å². The van der Waals surface area contributed by atoms with E-state index in [0.29, 0.717) is 6.42 Å². The van der Waals surface area contributed by atoms with Gasteiger partial charge in [0.25, 0.3) is 0 Å². The second-order valence-corrected chi connectivity index (χ2v) is 11.0. The van der Waals surface area contributed by atoms with E-state index in [1.807, 2.05) is 62.3 Å². The van der Waals surface area contributed by atoms with Gasteiger partial charge in [0.15, 0.2) is 0 Å². The molecule has 2 aromatic carbocycles. The van der Waals surface area contributed by atoms with Crippen LogP contribution in [0, 0.1) is 0 Å². The lowest BCUT2D eigenvalue weighted by atomic mass is 9.93. The molecule has 2 amide bonds. The second-order valence-electron chi connectivity index (χ2n) is 11.0. The standard InChI is InChI=1S/C30H45N3O3/c1-8-26(23-34)33(21-27(35)31(6)29(2,3)19-24-15-11-9-12-16-24)22-28(36)32(7)30(4,5)20-25-17-13-10-14-18-25/h9-18,26,34H,8,19-23H2,1-7H3. The van der Waals surface area contributed by atoms with Crippen molar-refractivity contribution in [2.75, 3.05) is 33.8 Å². The average molecular weight is 496 g/mol. The first-order valence-corrected chi connectivity index (χ1v) is 12.9. The van der Waals surface area contributed by atoms with Gasteiger partial charge in [0, 0.05) is 31.2 Å². The van der Waals surface area contributed by atoms with E-state index in [0.717, 1.165) is 12.8 Å². The predicted octanol–water partition coefficient (Wildman–Crippen LogP) is 4.02. The van der Waals surface area contributed by atoms with Crippen molar-refractivity contribution in [3.05, 3.63) is 71.8 Å². The summed E-state index contributed by atoms with van der Waals surface area (Å²) in [5.41, 5.74) is 1.53. The first kappa shape index (κ1) is 29.5. The van der Waals surface area contributed by atoms with Gasteiger partial charge in [0.1, 0.15) is 0 Å². The highest BCUT2D eigenvalue weighted by molar-refractivity contribution is 5.82. The van der Waals surface area contributed by atoms with Crippen molar-refractivity contribution < 1.29 is 14.7 Å². The monoisotopic (exact) mass is 495 g/mol. The molecule has 2 aromatic rings. The Bertz CT molecular complexity index is 882. The molecule has 6 heteroatoms. The first-order chi connectivity index (χ1) is 16.9. The van der Waals surface area contributed by atoms with Crippen LogP contribution in [0.25, 0.3) is 0 Å². The lowest BCUT2D eigenvalue weighted by molar-refractivity contribution is -0.140. The van der Waals surface area contributed by atoms with E-state index in [1.165, 1.54) is 11.1 Å². The molecular weight excluding hydrogens is 450 g/mol. The number of hydrogen-bond donors (Lipinski definition) is 1. The number of carbonyl (C=O) groups is 2. The summed E-state index contributed by atoms with van der Waals surface area (Å²) < 4.78 is 0. The Morgan fingerprint density at radius 1 is 0.750 bits per heavy atom. The molecule has 0 aromatic heterocycles. The Kier molecular flexibility index (Phi) is 10.7. The average Bonchev–Trinajstić information content (AvgIpc) is 2.84. The molecule has 198 valence electrons. The smallest absolute Gasteiger partial charge is 0.236 e. The molecule has 0 aliphatic carbocycles. The van der Waals surface area contributed by atoms with Crippen LogP contribution in [-0.4, -0.2) is 82.5 Å². The molecule has 0 aliphatic heterocycles.